The van der Waals surface area contributed by atoms with Crippen molar-refractivity contribution >= 4 is 17.5 Å². The molecule has 0 bridgehead atoms. The van der Waals surface area contributed by atoms with Crippen LogP contribution in [0.1, 0.15) is 12.8 Å². The van der Waals surface area contributed by atoms with Crippen molar-refractivity contribution in [2.75, 3.05) is 25.0 Å². The molecule has 18 heavy (non-hydrogen) atoms. The summed E-state index contributed by atoms with van der Waals surface area (Å²) >= 11 is 0. The average Bonchev–Trinajstić information content (AvgIpc) is 2.74. The maximum Gasteiger partial charge on any atom is 0.246 e. The van der Waals surface area contributed by atoms with Gasteiger partial charge in [-0.15, -0.1) is 0 Å². The van der Waals surface area contributed by atoms with E-state index in [1.807, 2.05) is 0 Å². The number of nitrogens with zero attached hydrogens (tertiary/aromatic N) is 2. The first-order valence-corrected chi connectivity index (χ1v) is 5.91. The predicted octanol–water partition coefficient (Wildman–Crippen LogP) is 0.977. The monoisotopic (exact) mass is 248 g/mol. The van der Waals surface area contributed by atoms with E-state index < -0.39 is 0 Å². The van der Waals surface area contributed by atoms with Gasteiger partial charge in [0.05, 0.1) is 0 Å². The van der Waals surface area contributed by atoms with Gasteiger partial charge in [0.1, 0.15) is 12.3 Å². The molecule has 0 spiro atoms. The molecule has 1 aliphatic rings. The fourth-order valence-electron chi connectivity index (χ4n) is 1.99. The summed E-state index contributed by atoms with van der Waals surface area (Å²) < 4.78 is 0. The van der Waals surface area contributed by atoms with Gasteiger partial charge in [0.15, 0.2) is 0 Å². The topological polar surface area (TPSA) is 60.9 Å². The molecule has 0 aliphatic carbocycles. The van der Waals surface area contributed by atoms with Gasteiger partial charge in [0.25, 0.3) is 0 Å². The van der Waals surface area contributed by atoms with Gasteiger partial charge in [-0.2, -0.15) is 0 Å². The van der Waals surface area contributed by atoms with Crippen molar-refractivity contribution in [2.24, 2.45) is 0 Å². The van der Waals surface area contributed by atoms with Gasteiger partial charge < -0.3 is 14.9 Å². The van der Waals surface area contributed by atoms with E-state index in [1.54, 1.807) is 30.1 Å². The Kier molecular flexibility index (Phi) is 3.50. The number of benzene rings is 1. The summed E-state index contributed by atoms with van der Waals surface area (Å²) in [4.78, 5) is 26.5. The lowest BCUT2D eigenvalue weighted by Gasteiger charge is -2.21. The van der Waals surface area contributed by atoms with Crippen molar-refractivity contribution in [2.45, 2.75) is 12.8 Å². The summed E-state index contributed by atoms with van der Waals surface area (Å²) in [6.45, 7) is 0.753. The number of hydrogen-bond acceptors (Lipinski definition) is 3. The van der Waals surface area contributed by atoms with E-state index in [0.29, 0.717) is 18.7 Å². The first-order valence-electron chi connectivity index (χ1n) is 5.91. The highest BCUT2D eigenvalue weighted by Crippen LogP contribution is 2.19. The Morgan fingerprint density at radius 1 is 1.50 bits per heavy atom. The summed E-state index contributed by atoms with van der Waals surface area (Å²) in [7, 11) is 1.64. The van der Waals surface area contributed by atoms with E-state index >= 15 is 0 Å². The van der Waals surface area contributed by atoms with Crippen molar-refractivity contribution in [3.8, 4) is 5.75 Å². The third kappa shape index (κ3) is 2.61. The molecule has 0 radical (unpaired) electrons. The summed E-state index contributed by atoms with van der Waals surface area (Å²) in [6.07, 6.45) is 1.35. The molecule has 1 saturated heterocycles. The zero-order valence-electron chi connectivity index (χ0n) is 10.3. The van der Waals surface area contributed by atoms with E-state index in [2.05, 4.69) is 0 Å². The van der Waals surface area contributed by atoms with Crippen LogP contribution in [0.25, 0.3) is 0 Å². The van der Waals surface area contributed by atoms with Gasteiger partial charge in [0.2, 0.25) is 11.8 Å². The minimum Gasteiger partial charge on any atom is -0.508 e. The number of likely N-dealkylation sites (N-methyl/N-ethyl adjacent to an activating group) is 1. The number of phenols is 1. The Morgan fingerprint density at radius 3 is 2.89 bits per heavy atom. The summed E-state index contributed by atoms with van der Waals surface area (Å²) in [5.74, 6) is -0.00657. The van der Waals surface area contributed by atoms with Crippen LogP contribution >= 0.6 is 0 Å². The standard InChI is InChI=1S/C13H16N2O3/c1-14(10-4-2-5-11(16)8-10)13(18)9-15-7-3-6-12(15)17/h2,4-5,8,16H,3,6-7,9H2,1H3. The van der Waals surface area contributed by atoms with E-state index in [-0.39, 0.29) is 24.1 Å². The molecule has 1 aromatic rings. The average molecular weight is 248 g/mol. The van der Waals surface area contributed by atoms with Gasteiger partial charge in [-0.05, 0) is 18.6 Å². The lowest BCUT2D eigenvalue weighted by molar-refractivity contribution is -0.132. The number of likely N-dealkylation sites (tertiary alicyclic amines) is 1. The molecule has 0 aromatic heterocycles. The van der Waals surface area contributed by atoms with E-state index in [1.165, 1.54) is 11.0 Å². The molecule has 1 fully saturated rings. The summed E-state index contributed by atoms with van der Waals surface area (Å²) in [6, 6.07) is 6.48. The molecule has 1 aromatic carbocycles. The second-order valence-electron chi connectivity index (χ2n) is 4.39. The number of amides is 2. The van der Waals surface area contributed by atoms with Crippen LogP contribution in [-0.4, -0.2) is 42.0 Å². The number of carbonyl (C=O) groups excluding carboxylic acids is 2. The highest BCUT2D eigenvalue weighted by atomic mass is 16.3. The number of anilines is 1. The van der Waals surface area contributed by atoms with Gasteiger partial charge in [-0.25, -0.2) is 0 Å². The van der Waals surface area contributed by atoms with Crippen LogP contribution in [0, 0.1) is 0 Å². The first-order chi connectivity index (χ1) is 8.58. The highest BCUT2D eigenvalue weighted by Gasteiger charge is 2.24. The molecule has 2 amide bonds. The van der Waals surface area contributed by atoms with Crippen molar-refractivity contribution in [1.29, 1.82) is 0 Å². The number of rotatable bonds is 3. The summed E-state index contributed by atoms with van der Waals surface area (Å²) in [5, 5.41) is 9.37. The van der Waals surface area contributed by atoms with Crippen LogP contribution in [0.2, 0.25) is 0 Å². The van der Waals surface area contributed by atoms with Crippen LogP contribution in [0.3, 0.4) is 0 Å². The quantitative estimate of drug-likeness (QED) is 0.867. The van der Waals surface area contributed by atoms with Crippen molar-refractivity contribution in [1.82, 2.24) is 4.90 Å². The number of hydrogen-bond donors (Lipinski definition) is 1. The lowest BCUT2D eigenvalue weighted by atomic mass is 10.2. The normalized spacial score (nSPS) is 14.9. The molecular weight excluding hydrogens is 232 g/mol. The molecule has 1 N–H and O–H groups in total. The molecule has 96 valence electrons. The second kappa shape index (κ2) is 5.08. The van der Waals surface area contributed by atoms with Crippen LogP contribution < -0.4 is 4.90 Å². The van der Waals surface area contributed by atoms with Crippen LogP contribution in [0.15, 0.2) is 24.3 Å². The number of aromatic hydroxyl groups is 1. The smallest absolute Gasteiger partial charge is 0.246 e. The molecule has 0 unspecified atom stereocenters. The minimum atomic E-state index is -0.157. The molecule has 0 atom stereocenters. The van der Waals surface area contributed by atoms with Gasteiger partial charge in [-0.3, -0.25) is 9.59 Å². The van der Waals surface area contributed by atoms with Crippen LogP contribution in [0.5, 0.6) is 5.75 Å². The molecule has 5 nitrogen and oxygen atoms in total. The van der Waals surface area contributed by atoms with Gasteiger partial charge >= 0.3 is 0 Å². The molecule has 5 heteroatoms. The lowest BCUT2D eigenvalue weighted by Crippen LogP contribution is -2.38. The van der Waals surface area contributed by atoms with E-state index in [9.17, 15) is 14.7 Å². The fraction of sp³-hybridized carbons (Fsp3) is 0.385. The molecular formula is C13H16N2O3. The van der Waals surface area contributed by atoms with E-state index in [4.69, 9.17) is 0 Å². The SMILES string of the molecule is CN(C(=O)CN1CCCC1=O)c1cccc(O)c1. The number of phenolic OH excluding ortho intramolecular Hbond substituents is 1. The van der Waals surface area contributed by atoms with E-state index in [0.717, 1.165) is 6.42 Å². The Bertz CT molecular complexity index is 473. The molecule has 1 heterocycles. The molecule has 0 saturated carbocycles. The van der Waals surface area contributed by atoms with Crippen molar-refractivity contribution < 1.29 is 14.7 Å². The summed E-state index contributed by atoms with van der Waals surface area (Å²) in [5.41, 5.74) is 0.617. The van der Waals surface area contributed by atoms with Crippen molar-refractivity contribution in [3.05, 3.63) is 24.3 Å². The third-order valence-corrected chi connectivity index (χ3v) is 3.09. The zero-order chi connectivity index (χ0) is 13.1. The maximum atomic E-state index is 12.0. The maximum absolute atomic E-state index is 12.0. The number of carbonyl (C=O) groups is 2. The Hall–Kier alpha value is -2.04. The Morgan fingerprint density at radius 2 is 2.28 bits per heavy atom. The molecule has 2 rings (SSSR count). The van der Waals surface area contributed by atoms with Gasteiger partial charge in [-0.1, -0.05) is 6.07 Å². The minimum absolute atomic E-state index is 0.0349. The van der Waals surface area contributed by atoms with Crippen LogP contribution in [0.4, 0.5) is 5.69 Å². The Balaban J connectivity index is 2.02. The third-order valence-electron chi connectivity index (χ3n) is 3.09. The zero-order valence-corrected chi connectivity index (χ0v) is 10.3. The second-order valence-corrected chi connectivity index (χ2v) is 4.39. The fourth-order valence-corrected chi connectivity index (χ4v) is 1.99. The van der Waals surface area contributed by atoms with Crippen LogP contribution in [-0.2, 0) is 9.59 Å². The molecule has 1 aliphatic heterocycles. The Labute approximate surface area is 106 Å². The van der Waals surface area contributed by atoms with Gasteiger partial charge in [0, 0.05) is 31.8 Å². The largest absolute Gasteiger partial charge is 0.508 e. The predicted molar refractivity (Wildman–Crippen MR) is 67.3 cm³/mol. The first kappa shape index (κ1) is 12.4. The highest BCUT2D eigenvalue weighted by molar-refractivity contribution is 5.96. The van der Waals surface area contributed by atoms with Crippen molar-refractivity contribution in [3.63, 3.8) is 0 Å².